The molecule has 0 saturated carbocycles. The van der Waals surface area contributed by atoms with Crippen LogP contribution in [0.15, 0.2) is 33.7 Å². The van der Waals surface area contributed by atoms with E-state index in [4.69, 9.17) is 16.1 Å². The number of nitrogens with one attached hydrogen (secondary N) is 1. The van der Waals surface area contributed by atoms with E-state index < -0.39 is 0 Å². The van der Waals surface area contributed by atoms with E-state index in [2.05, 4.69) is 22.4 Å². The molecule has 0 aliphatic heterocycles. The maximum absolute atomic E-state index is 5.84. The van der Waals surface area contributed by atoms with E-state index in [0.29, 0.717) is 17.5 Å². The van der Waals surface area contributed by atoms with Gasteiger partial charge in [-0.05, 0) is 37.7 Å². The summed E-state index contributed by atoms with van der Waals surface area (Å²) in [5.41, 5.74) is 0. The van der Waals surface area contributed by atoms with Gasteiger partial charge in [-0.1, -0.05) is 23.7 Å². The fraction of sp³-hybridized carbons (Fsp3) is 0.385. The number of halogens is 1. The molecular formula is C13H16ClN3OS. The van der Waals surface area contributed by atoms with Crippen molar-refractivity contribution in [3.8, 4) is 0 Å². The maximum atomic E-state index is 5.84. The Bertz CT molecular complexity index is 511. The topological polar surface area (TPSA) is 51.0 Å². The molecule has 0 aliphatic carbocycles. The van der Waals surface area contributed by atoms with Crippen LogP contribution in [0.1, 0.15) is 31.1 Å². The Morgan fingerprint density at radius 3 is 2.74 bits per heavy atom. The molecular weight excluding hydrogens is 282 g/mol. The molecule has 6 heteroatoms. The van der Waals surface area contributed by atoms with Gasteiger partial charge in [0, 0.05) is 9.92 Å². The average Bonchev–Trinajstić information content (AvgIpc) is 2.88. The Hall–Kier alpha value is -1.04. The molecule has 102 valence electrons. The van der Waals surface area contributed by atoms with E-state index in [9.17, 15) is 0 Å². The summed E-state index contributed by atoms with van der Waals surface area (Å²) in [7, 11) is 1.89. The lowest BCUT2D eigenvalue weighted by molar-refractivity contribution is 0.332. The summed E-state index contributed by atoms with van der Waals surface area (Å²) < 4.78 is 5.26. The van der Waals surface area contributed by atoms with Crippen molar-refractivity contribution in [3.63, 3.8) is 0 Å². The highest BCUT2D eigenvalue weighted by Crippen LogP contribution is 2.24. The second-order valence-electron chi connectivity index (χ2n) is 4.04. The zero-order valence-electron chi connectivity index (χ0n) is 10.9. The van der Waals surface area contributed by atoms with Gasteiger partial charge >= 0.3 is 0 Å². The van der Waals surface area contributed by atoms with Crippen LogP contribution in [-0.2, 0) is 5.75 Å². The SMILES string of the molecule is CCC(NC)c1nc(CSc2ccc(Cl)cc2)no1. The Labute approximate surface area is 121 Å². The van der Waals surface area contributed by atoms with Gasteiger partial charge in [-0.3, -0.25) is 0 Å². The molecule has 1 aromatic heterocycles. The van der Waals surface area contributed by atoms with Crippen molar-refractivity contribution >= 4 is 23.4 Å². The first kappa shape index (κ1) is 14.4. The van der Waals surface area contributed by atoms with Crippen LogP contribution in [0.2, 0.25) is 5.02 Å². The van der Waals surface area contributed by atoms with Crippen molar-refractivity contribution in [2.24, 2.45) is 0 Å². The Morgan fingerprint density at radius 2 is 2.11 bits per heavy atom. The van der Waals surface area contributed by atoms with Crippen LogP contribution in [-0.4, -0.2) is 17.2 Å². The van der Waals surface area contributed by atoms with Gasteiger partial charge in [0.15, 0.2) is 5.82 Å². The zero-order chi connectivity index (χ0) is 13.7. The zero-order valence-corrected chi connectivity index (χ0v) is 12.5. The molecule has 1 N–H and O–H groups in total. The second-order valence-corrected chi connectivity index (χ2v) is 5.53. The molecule has 0 saturated heterocycles. The summed E-state index contributed by atoms with van der Waals surface area (Å²) in [5, 5.41) is 7.88. The third kappa shape index (κ3) is 3.96. The third-order valence-electron chi connectivity index (χ3n) is 2.72. The number of rotatable bonds is 6. The second kappa shape index (κ2) is 6.93. The van der Waals surface area contributed by atoms with Crippen molar-refractivity contribution in [2.75, 3.05) is 7.05 Å². The highest BCUT2D eigenvalue weighted by Gasteiger charge is 2.15. The van der Waals surface area contributed by atoms with E-state index in [1.165, 1.54) is 0 Å². The number of aromatic nitrogens is 2. The lowest BCUT2D eigenvalue weighted by Crippen LogP contribution is -2.15. The van der Waals surface area contributed by atoms with Gasteiger partial charge in [0.2, 0.25) is 5.89 Å². The largest absolute Gasteiger partial charge is 0.338 e. The molecule has 1 heterocycles. The minimum Gasteiger partial charge on any atom is -0.338 e. The molecule has 0 bridgehead atoms. The van der Waals surface area contributed by atoms with Crippen LogP contribution in [0.3, 0.4) is 0 Å². The highest BCUT2D eigenvalue weighted by atomic mass is 35.5. The molecule has 2 rings (SSSR count). The molecule has 19 heavy (non-hydrogen) atoms. The van der Waals surface area contributed by atoms with E-state index >= 15 is 0 Å². The molecule has 4 nitrogen and oxygen atoms in total. The molecule has 0 spiro atoms. The van der Waals surface area contributed by atoms with Crippen LogP contribution in [0.25, 0.3) is 0 Å². The third-order valence-corrected chi connectivity index (χ3v) is 3.98. The monoisotopic (exact) mass is 297 g/mol. The number of nitrogens with zero attached hydrogens (tertiary/aromatic N) is 2. The van der Waals surface area contributed by atoms with E-state index in [1.54, 1.807) is 11.8 Å². The molecule has 2 aromatic rings. The standard InChI is InChI=1S/C13H16ClN3OS/c1-3-11(15-2)13-16-12(17-18-13)8-19-10-6-4-9(14)5-7-10/h4-7,11,15H,3,8H2,1-2H3. The van der Waals surface area contributed by atoms with Gasteiger partial charge < -0.3 is 9.84 Å². The van der Waals surface area contributed by atoms with Crippen molar-refractivity contribution in [3.05, 3.63) is 41.0 Å². The summed E-state index contributed by atoms with van der Waals surface area (Å²) in [6, 6.07) is 7.84. The molecule has 0 radical (unpaired) electrons. The molecule has 0 aliphatic rings. The van der Waals surface area contributed by atoms with Crippen molar-refractivity contribution in [1.82, 2.24) is 15.5 Å². The first-order valence-corrected chi connectivity index (χ1v) is 7.47. The number of thioether (sulfide) groups is 1. The van der Waals surface area contributed by atoms with Crippen LogP contribution < -0.4 is 5.32 Å². The molecule has 0 amide bonds. The van der Waals surface area contributed by atoms with Crippen molar-refractivity contribution in [2.45, 2.75) is 30.0 Å². The molecule has 1 aromatic carbocycles. The van der Waals surface area contributed by atoms with Crippen LogP contribution in [0, 0.1) is 0 Å². The van der Waals surface area contributed by atoms with Crippen molar-refractivity contribution in [1.29, 1.82) is 0 Å². The van der Waals surface area contributed by atoms with Crippen LogP contribution in [0.4, 0.5) is 0 Å². The van der Waals surface area contributed by atoms with E-state index in [0.717, 1.165) is 16.3 Å². The minimum atomic E-state index is 0.127. The predicted molar refractivity (Wildman–Crippen MR) is 77.4 cm³/mol. The van der Waals surface area contributed by atoms with Gasteiger partial charge in [0.25, 0.3) is 0 Å². The molecule has 1 atom stereocenters. The minimum absolute atomic E-state index is 0.127. The van der Waals surface area contributed by atoms with Gasteiger partial charge in [-0.25, -0.2) is 0 Å². The normalized spacial score (nSPS) is 12.6. The Kier molecular flexibility index (Phi) is 5.24. The average molecular weight is 298 g/mol. The summed E-state index contributed by atoms with van der Waals surface area (Å²) >= 11 is 7.50. The predicted octanol–water partition coefficient (Wildman–Crippen LogP) is 3.69. The number of benzene rings is 1. The van der Waals surface area contributed by atoms with Crippen LogP contribution >= 0.6 is 23.4 Å². The van der Waals surface area contributed by atoms with Gasteiger partial charge in [-0.2, -0.15) is 4.98 Å². The molecule has 0 fully saturated rings. The fourth-order valence-corrected chi connectivity index (χ4v) is 2.52. The summed E-state index contributed by atoms with van der Waals surface area (Å²) in [6.45, 7) is 2.08. The van der Waals surface area contributed by atoms with Gasteiger partial charge in [0.05, 0.1) is 11.8 Å². The van der Waals surface area contributed by atoms with Gasteiger partial charge in [-0.15, -0.1) is 11.8 Å². The lowest BCUT2D eigenvalue weighted by atomic mass is 10.2. The smallest absolute Gasteiger partial charge is 0.243 e. The van der Waals surface area contributed by atoms with Gasteiger partial charge in [0.1, 0.15) is 0 Å². The van der Waals surface area contributed by atoms with Crippen molar-refractivity contribution < 1.29 is 4.52 Å². The Balaban J connectivity index is 1.95. The fourth-order valence-electron chi connectivity index (χ4n) is 1.65. The summed E-state index contributed by atoms with van der Waals surface area (Å²) in [4.78, 5) is 5.53. The van der Waals surface area contributed by atoms with E-state index in [-0.39, 0.29) is 6.04 Å². The van der Waals surface area contributed by atoms with Crippen LogP contribution in [0.5, 0.6) is 0 Å². The summed E-state index contributed by atoms with van der Waals surface area (Å²) in [6.07, 6.45) is 0.919. The Morgan fingerprint density at radius 1 is 1.37 bits per heavy atom. The lowest BCUT2D eigenvalue weighted by Gasteiger charge is -2.06. The first-order chi connectivity index (χ1) is 9.22. The number of hydrogen-bond donors (Lipinski definition) is 1. The maximum Gasteiger partial charge on any atom is 0.243 e. The molecule has 1 unspecified atom stereocenters. The first-order valence-electron chi connectivity index (χ1n) is 6.11. The number of hydrogen-bond acceptors (Lipinski definition) is 5. The highest BCUT2D eigenvalue weighted by molar-refractivity contribution is 7.98. The quantitative estimate of drug-likeness (QED) is 0.824. The van der Waals surface area contributed by atoms with E-state index in [1.807, 2.05) is 31.3 Å². The summed E-state index contributed by atoms with van der Waals surface area (Å²) in [5.74, 6) is 2.05.